The number of carbonyl (C=O) groups is 1. The van der Waals surface area contributed by atoms with Crippen molar-refractivity contribution in [3.05, 3.63) is 0 Å². The molecule has 0 saturated carbocycles. The van der Waals surface area contributed by atoms with E-state index in [9.17, 15) is 4.79 Å². The van der Waals surface area contributed by atoms with E-state index in [-0.39, 0.29) is 17.4 Å². The molecule has 1 heterocycles. The summed E-state index contributed by atoms with van der Waals surface area (Å²) in [5, 5.41) is 3.23. The molecule has 0 aromatic rings. The van der Waals surface area contributed by atoms with E-state index < -0.39 is 0 Å². The second-order valence-electron chi connectivity index (χ2n) is 5.40. The van der Waals surface area contributed by atoms with Gasteiger partial charge in [0.15, 0.2) is 0 Å². The van der Waals surface area contributed by atoms with Crippen LogP contribution in [-0.4, -0.2) is 37.0 Å². The number of likely N-dealkylation sites (N-methyl/N-ethyl adjacent to an activating group) is 1. The summed E-state index contributed by atoms with van der Waals surface area (Å²) in [6.45, 7) is 8.26. The van der Waals surface area contributed by atoms with E-state index in [2.05, 4.69) is 26.1 Å². The van der Waals surface area contributed by atoms with Crippen LogP contribution in [0.3, 0.4) is 0 Å². The number of nitrogens with one attached hydrogen (secondary N) is 1. The molecule has 1 N–H and O–H groups in total. The third-order valence-electron chi connectivity index (χ3n) is 2.45. The first-order valence-electron chi connectivity index (χ1n) is 5.38. The normalized spacial score (nSPS) is 22.4. The molecule has 1 atom stereocenters. The van der Waals surface area contributed by atoms with Gasteiger partial charge in [0.2, 0.25) is 5.91 Å². The summed E-state index contributed by atoms with van der Waals surface area (Å²) < 4.78 is 0. The third-order valence-corrected chi connectivity index (χ3v) is 2.45. The summed E-state index contributed by atoms with van der Waals surface area (Å²) in [7, 11) is 1.90. The molecule has 14 heavy (non-hydrogen) atoms. The smallest absolute Gasteiger partial charge is 0.239 e. The molecule has 1 fully saturated rings. The maximum absolute atomic E-state index is 11.9. The molecule has 3 heteroatoms. The number of amides is 1. The lowest BCUT2D eigenvalue weighted by molar-refractivity contribution is -0.132. The van der Waals surface area contributed by atoms with Crippen molar-refractivity contribution >= 4 is 5.91 Å². The summed E-state index contributed by atoms with van der Waals surface area (Å²) in [5.74, 6) is 0.248. The second-order valence-corrected chi connectivity index (χ2v) is 5.40. The van der Waals surface area contributed by atoms with Crippen LogP contribution >= 0.6 is 0 Å². The molecule has 1 aliphatic rings. The first kappa shape index (κ1) is 11.5. The highest BCUT2D eigenvalue weighted by atomic mass is 16.2. The van der Waals surface area contributed by atoms with Crippen molar-refractivity contribution in [2.24, 2.45) is 5.41 Å². The van der Waals surface area contributed by atoms with Crippen LogP contribution < -0.4 is 5.32 Å². The van der Waals surface area contributed by atoms with Crippen molar-refractivity contribution in [2.45, 2.75) is 39.7 Å². The molecule has 0 aromatic heterocycles. The minimum Gasteiger partial charge on any atom is -0.344 e. The van der Waals surface area contributed by atoms with Crippen LogP contribution in [0.15, 0.2) is 0 Å². The van der Waals surface area contributed by atoms with E-state index in [0.29, 0.717) is 0 Å². The molecule has 82 valence electrons. The summed E-state index contributed by atoms with van der Waals surface area (Å²) in [5.41, 5.74) is 0.184. The van der Waals surface area contributed by atoms with Crippen molar-refractivity contribution in [1.82, 2.24) is 10.2 Å². The summed E-state index contributed by atoms with van der Waals surface area (Å²) >= 11 is 0. The average Bonchev–Trinajstić information content (AvgIpc) is 2.51. The Hall–Kier alpha value is -0.570. The van der Waals surface area contributed by atoms with Crippen LogP contribution in [-0.2, 0) is 4.79 Å². The molecule has 1 aliphatic heterocycles. The van der Waals surface area contributed by atoms with Gasteiger partial charge in [-0.05, 0) is 24.8 Å². The Kier molecular flexibility index (Phi) is 3.53. The van der Waals surface area contributed by atoms with Gasteiger partial charge in [0.1, 0.15) is 0 Å². The Bertz CT molecular complexity index is 202. The van der Waals surface area contributed by atoms with E-state index in [1.807, 2.05) is 11.9 Å². The predicted octanol–water partition coefficient (Wildman–Crippen LogP) is 1.24. The zero-order valence-electron chi connectivity index (χ0n) is 9.76. The van der Waals surface area contributed by atoms with Crippen molar-refractivity contribution in [1.29, 1.82) is 0 Å². The highest BCUT2D eigenvalue weighted by Gasteiger charge is 2.26. The molecule has 0 bridgehead atoms. The molecular formula is C11H22N2O. The maximum atomic E-state index is 11.9. The molecule has 3 nitrogen and oxygen atoms in total. The molecule has 0 radical (unpaired) electrons. The number of nitrogens with zero attached hydrogens (tertiary/aromatic N) is 1. The fourth-order valence-corrected chi connectivity index (χ4v) is 1.95. The Morgan fingerprint density at radius 1 is 1.50 bits per heavy atom. The van der Waals surface area contributed by atoms with Gasteiger partial charge in [0.05, 0.1) is 6.04 Å². The van der Waals surface area contributed by atoms with Crippen molar-refractivity contribution in [3.63, 3.8) is 0 Å². The molecule has 0 spiro atoms. The second kappa shape index (κ2) is 4.30. The fourth-order valence-electron chi connectivity index (χ4n) is 1.95. The topological polar surface area (TPSA) is 32.3 Å². The standard InChI is InChI=1S/C11H22N2O/c1-11(2,3)8-13(4)10(14)9-6-5-7-12-9/h9,12H,5-8H2,1-4H3/t9-/m0/s1. The van der Waals surface area contributed by atoms with Crippen LogP contribution in [0.2, 0.25) is 0 Å². The first-order chi connectivity index (χ1) is 6.40. The summed E-state index contributed by atoms with van der Waals surface area (Å²) in [6, 6.07) is 0.0716. The van der Waals surface area contributed by atoms with Gasteiger partial charge in [-0.2, -0.15) is 0 Å². The van der Waals surface area contributed by atoms with Gasteiger partial charge in [-0.25, -0.2) is 0 Å². The highest BCUT2D eigenvalue weighted by Crippen LogP contribution is 2.16. The SMILES string of the molecule is CN(CC(C)(C)C)C(=O)[C@@H]1CCCN1. The largest absolute Gasteiger partial charge is 0.344 e. The van der Waals surface area contributed by atoms with Crippen LogP contribution in [0.1, 0.15) is 33.6 Å². The van der Waals surface area contributed by atoms with Crippen molar-refractivity contribution in [2.75, 3.05) is 20.1 Å². The third kappa shape index (κ3) is 3.29. The van der Waals surface area contributed by atoms with E-state index in [4.69, 9.17) is 0 Å². The van der Waals surface area contributed by atoms with Gasteiger partial charge in [0.25, 0.3) is 0 Å². The minimum absolute atomic E-state index is 0.0716. The summed E-state index contributed by atoms with van der Waals surface area (Å²) in [4.78, 5) is 13.7. The van der Waals surface area contributed by atoms with Crippen LogP contribution in [0.4, 0.5) is 0 Å². The van der Waals surface area contributed by atoms with Gasteiger partial charge in [0, 0.05) is 13.6 Å². The Morgan fingerprint density at radius 3 is 2.57 bits per heavy atom. The average molecular weight is 198 g/mol. The lowest BCUT2D eigenvalue weighted by atomic mass is 9.96. The van der Waals surface area contributed by atoms with Crippen molar-refractivity contribution in [3.8, 4) is 0 Å². The van der Waals surface area contributed by atoms with Gasteiger partial charge in [-0.3, -0.25) is 4.79 Å². The molecule has 1 saturated heterocycles. The number of rotatable bonds is 2. The first-order valence-corrected chi connectivity index (χ1v) is 5.38. The Balaban J connectivity index is 2.43. The predicted molar refractivity (Wildman–Crippen MR) is 58.1 cm³/mol. The lowest BCUT2D eigenvalue weighted by Gasteiger charge is -2.28. The van der Waals surface area contributed by atoms with E-state index in [1.54, 1.807) is 0 Å². The van der Waals surface area contributed by atoms with Gasteiger partial charge in [-0.1, -0.05) is 20.8 Å². The van der Waals surface area contributed by atoms with Gasteiger partial charge >= 0.3 is 0 Å². The molecule has 1 amide bonds. The zero-order valence-corrected chi connectivity index (χ0v) is 9.76. The fraction of sp³-hybridized carbons (Fsp3) is 0.909. The van der Waals surface area contributed by atoms with E-state index in [0.717, 1.165) is 25.9 Å². The number of carbonyl (C=O) groups excluding carboxylic acids is 1. The van der Waals surface area contributed by atoms with Crippen LogP contribution in [0, 0.1) is 5.41 Å². The zero-order chi connectivity index (χ0) is 10.8. The van der Waals surface area contributed by atoms with Crippen LogP contribution in [0.25, 0.3) is 0 Å². The molecular weight excluding hydrogens is 176 g/mol. The van der Waals surface area contributed by atoms with Gasteiger partial charge < -0.3 is 10.2 Å². The highest BCUT2D eigenvalue weighted by molar-refractivity contribution is 5.81. The van der Waals surface area contributed by atoms with Gasteiger partial charge in [-0.15, -0.1) is 0 Å². The van der Waals surface area contributed by atoms with E-state index >= 15 is 0 Å². The number of hydrogen-bond donors (Lipinski definition) is 1. The molecule has 0 aliphatic carbocycles. The quantitative estimate of drug-likeness (QED) is 0.724. The Morgan fingerprint density at radius 2 is 2.14 bits per heavy atom. The number of hydrogen-bond acceptors (Lipinski definition) is 2. The molecule has 0 unspecified atom stereocenters. The molecule has 0 aromatic carbocycles. The lowest BCUT2D eigenvalue weighted by Crippen LogP contribution is -2.44. The Labute approximate surface area is 86.9 Å². The minimum atomic E-state index is 0.0716. The van der Waals surface area contributed by atoms with Crippen LogP contribution in [0.5, 0.6) is 0 Å². The monoisotopic (exact) mass is 198 g/mol. The summed E-state index contributed by atoms with van der Waals surface area (Å²) in [6.07, 6.45) is 2.12. The van der Waals surface area contributed by atoms with Crippen molar-refractivity contribution < 1.29 is 4.79 Å². The van der Waals surface area contributed by atoms with E-state index in [1.165, 1.54) is 0 Å². The molecule has 1 rings (SSSR count). The maximum Gasteiger partial charge on any atom is 0.239 e.